The van der Waals surface area contributed by atoms with Crippen LogP contribution in [-0.4, -0.2) is 43.9 Å². The summed E-state index contributed by atoms with van der Waals surface area (Å²) in [4.78, 5) is 12.9. The summed E-state index contributed by atoms with van der Waals surface area (Å²) < 4.78 is 7.33. The zero-order chi connectivity index (χ0) is 16.8. The molecular weight excluding hydrogens is 296 g/mol. The van der Waals surface area contributed by atoms with Crippen LogP contribution in [0.25, 0.3) is 0 Å². The second kappa shape index (κ2) is 7.73. The van der Waals surface area contributed by atoms with Crippen molar-refractivity contribution in [2.75, 3.05) is 7.05 Å². The third kappa shape index (κ3) is 4.79. The maximum Gasteiger partial charge on any atom is 0.344 e. The van der Waals surface area contributed by atoms with Gasteiger partial charge in [-0.1, -0.05) is 12.1 Å². The Hall–Kier alpha value is -2.41. The second-order valence-corrected chi connectivity index (χ2v) is 5.45. The van der Waals surface area contributed by atoms with Gasteiger partial charge in [-0.05, 0) is 38.6 Å². The molecule has 1 atom stereocenters. The Kier molecular flexibility index (Phi) is 5.70. The monoisotopic (exact) mass is 318 g/mol. The van der Waals surface area contributed by atoms with Crippen LogP contribution in [0, 0.1) is 0 Å². The minimum absolute atomic E-state index is 0.553. The molecule has 0 aliphatic rings. The van der Waals surface area contributed by atoms with E-state index in [2.05, 4.69) is 22.0 Å². The first-order valence-electron chi connectivity index (χ1n) is 7.53. The van der Waals surface area contributed by atoms with Crippen LogP contribution < -0.4 is 4.74 Å². The highest BCUT2D eigenvalue weighted by molar-refractivity contribution is 5.72. The van der Waals surface area contributed by atoms with Crippen molar-refractivity contribution in [1.29, 1.82) is 0 Å². The van der Waals surface area contributed by atoms with E-state index in [-0.39, 0.29) is 0 Å². The summed E-state index contributed by atoms with van der Waals surface area (Å²) in [6, 6.07) is 7.45. The largest absolute Gasteiger partial charge is 0.479 e. The summed E-state index contributed by atoms with van der Waals surface area (Å²) in [5.74, 6) is 0.510. The number of aliphatic carboxylic acids is 1. The van der Waals surface area contributed by atoms with Crippen molar-refractivity contribution in [3.8, 4) is 5.75 Å². The Morgan fingerprint density at radius 1 is 1.35 bits per heavy atom. The van der Waals surface area contributed by atoms with E-state index >= 15 is 0 Å². The molecule has 0 saturated carbocycles. The molecule has 0 aliphatic carbocycles. The third-order valence-corrected chi connectivity index (χ3v) is 3.48. The van der Waals surface area contributed by atoms with Gasteiger partial charge in [0.2, 0.25) is 0 Å². The van der Waals surface area contributed by atoms with E-state index in [0.29, 0.717) is 12.3 Å². The Balaban J connectivity index is 1.91. The van der Waals surface area contributed by atoms with Gasteiger partial charge >= 0.3 is 5.97 Å². The molecule has 1 aromatic heterocycles. The third-order valence-electron chi connectivity index (χ3n) is 3.48. The van der Waals surface area contributed by atoms with Gasteiger partial charge in [0.05, 0.1) is 6.54 Å². The molecular formula is C16H22N4O3. The summed E-state index contributed by atoms with van der Waals surface area (Å²) in [6.07, 6.45) is 0.878. The molecule has 0 fully saturated rings. The van der Waals surface area contributed by atoms with Crippen LogP contribution >= 0.6 is 0 Å². The van der Waals surface area contributed by atoms with Crippen molar-refractivity contribution >= 4 is 5.97 Å². The number of benzene rings is 1. The molecule has 2 aromatic rings. The van der Waals surface area contributed by atoms with E-state index in [0.717, 1.165) is 24.5 Å². The van der Waals surface area contributed by atoms with Crippen molar-refractivity contribution < 1.29 is 14.6 Å². The minimum Gasteiger partial charge on any atom is -0.479 e. The quantitative estimate of drug-likeness (QED) is 0.799. The van der Waals surface area contributed by atoms with Gasteiger partial charge in [-0.25, -0.2) is 4.79 Å². The van der Waals surface area contributed by atoms with Crippen LogP contribution in [-0.2, 0) is 24.4 Å². The van der Waals surface area contributed by atoms with Crippen molar-refractivity contribution in [3.05, 3.63) is 42.0 Å². The molecule has 0 spiro atoms. The van der Waals surface area contributed by atoms with Gasteiger partial charge in [0.15, 0.2) is 6.10 Å². The number of nitrogens with zero attached hydrogens (tertiary/aromatic N) is 4. The van der Waals surface area contributed by atoms with Crippen molar-refractivity contribution in [2.45, 2.75) is 39.6 Å². The molecule has 1 unspecified atom stereocenters. The summed E-state index contributed by atoms with van der Waals surface area (Å²) >= 11 is 0. The lowest BCUT2D eigenvalue weighted by atomic mass is 10.2. The minimum atomic E-state index is -0.978. The molecule has 2 rings (SSSR count). The Morgan fingerprint density at radius 3 is 2.65 bits per heavy atom. The van der Waals surface area contributed by atoms with Crippen LogP contribution in [0.2, 0.25) is 0 Å². The average molecular weight is 318 g/mol. The number of carbonyl (C=O) groups is 1. The molecule has 1 aromatic carbocycles. The van der Waals surface area contributed by atoms with E-state index in [1.807, 2.05) is 23.7 Å². The number of carboxylic acids is 1. The molecule has 124 valence electrons. The summed E-state index contributed by atoms with van der Waals surface area (Å²) in [6.45, 7) is 5.88. The van der Waals surface area contributed by atoms with E-state index < -0.39 is 12.1 Å². The van der Waals surface area contributed by atoms with Gasteiger partial charge < -0.3 is 14.4 Å². The van der Waals surface area contributed by atoms with Gasteiger partial charge in [-0.2, -0.15) is 0 Å². The maximum absolute atomic E-state index is 10.8. The fraction of sp³-hybridized carbons (Fsp3) is 0.438. The first kappa shape index (κ1) is 17.0. The van der Waals surface area contributed by atoms with Crippen LogP contribution in [0.4, 0.5) is 0 Å². The van der Waals surface area contributed by atoms with E-state index in [9.17, 15) is 4.79 Å². The Bertz CT molecular complexity index is 639. The van der Waals surface area contributed by atoms with Crippen LogP contribution in [0.1, 0.15) is 25.2 Å². The number of hydrogen-bond acceptors (Lipinski definition) is 5. The van der Waals surface area contributed by atoms with Crippen molar-refractivity contribution in [2.24, 2.45) is 0 Å². The summed E-state index contributed by atoms with van der Waals surface area (Å²) in [5.41, 5.74) is 1.12. The zero-order valence-electron chi connectivity index (χ0n) is 13.6. The predicted molar refractivity (Wildman–Crippen MR) is 85.0 cm³/mol. The topological polar surface area (TPSA) is 80.5 Å². The smallest absolute Gasteiger partial charge is 0.344 e. The van der Waals surface area contributed by atoms with E-state index in [1.54, 1.807) is 18.5 Å². The molecule has 0 saturated heterocycles. The number of ether oxygens (including phenoxy) is 1. The predicted octanol–water partition coefficient (Wildman–Crippen LogP) is 1.78. The average Bonchev–Trinajstić information content (AvgIpc) is 2.96. The van der Waals surface area contributed by atoms with Gasteiger partial charge in [0.25, 0.3) is 0 Å². The zero-order valence-corrected chi connectivity index (χ0v) is 13.6. The number of rotatable bonds is 8. The lowest BCUT2D eigenvalue weighted by molar-refractivity contribution is -0.144. The Labute approximate surface area is 135 Å². The first-order valence-corrected chi connectivity index (χ1v) is 7.53. The number of hydrogen-bond donors (Lipinski definition) is 1. The van der Waals surface area contributed by atoms with E-state index in [1.165, 1.54) is 6.92 Å². The van der Waals surface area contributed by atoms with Gasteiger partial charge in [0, 0.05) is 13.1 Å². The highest BCUT2D eigenvalue weighted by Gasteiger charge is 2.12. The lowest BCUT2D eigenvalue weighted by Gasteiger charge is -2.17. The molecule has 1 N–H and O–H groups in total. The van der Waals surface area contributed by atoms with Crippen molar-refractivity contribution in [3.63, 3.8) is 0 Å². The van der Waals surface area contributed by atoms with Crippen molar-refractivity contribution in [1.82, 2.24) is 19.7 Å². The standard InChI is InChI=1S/C16H22N4O3/c1-4-20-11-17-18-15(20)10-19(3)9-13-5-7-14(8-6-13)23-12(2)16(21)22/h5-8,11-12H,4,9-10H2,1-3H3,(H,21,22). The lowest BCUT2D eigenvalue weighted by Crippen LogP contribution is -2.23. The van der Waals surface area contributed by atoms with Gasteiger partial charge in [-0.3, -0.25) is 4.90 Å². The molecule has 0 aliphatic heterocycles. The summed E-state index contributed by atoms with van der Waals surface area (Å²) in [7, 11) is 2.02. The molecule has 7 heteroatoms. The van der Waals surface area contributed by atoms with Gasteiger partial charge in [0.1, 0.15) is 17.9 Å². The highest BCUT2D eigenvalue weighted by atomic mass is 16.5. The summed E-state index contributed by atoms with van der Waals surface area (Å²) in [5, 5.41) is 16.9. The van der Waals surface area contributed by atoms with Crippen LogP contribution in [0.5, 0.6) is 5.75 Å². The Morgan fingerprint density at radius 2 is 2.04 bits per heavy atom. The van der Waals surface area contributed by atoms with Crippen LogP contribution in [0.3, 0.4) is 0 Å². The molecule has 0 bridgehead atoms. The molecule has 0 radical (unpaired) electrons. The van der Waals surface area contributed by atoms with Gasteiger partial charge in [-0.15, -0.1) is 10.2 Å². The SMILES string of the molecule is CCn1cnnc1CN(C)Cc1ccc(OC(C)C(=O)O)cc1. The normalized spacial score (nSPS) is 12.3. The second-order valence-electron chi connectivity index (χ2n) is 5.45. The molecule has 7 nitrogen and oxygen atoms in total. The fourth-order valence-electron chi connectivity index (χ4n) is 2.20. The van der Waals surface area contributed by atoms with E-state index in [4.69, 9.17) is 9.84 Å². The number of aromatic nitrogens is 3. The number of aryl methyl sites for hydroxylation is 1. The molecule has 1 heterocycles. The molecule has 23 heavy (non-hydrogen) atoms. The molecule has 0 amide bonds. The highest BCUT2D eigenvalue weighted by Crippen LogP contribution is 2.15. The first-order chi connectivity index (χ1) is 11.0. The maximum atomic E-state index is 10.8. The number of carboxylic acid groups (broad SMARTS) is 1. The fourth-order valence-corrected chi connectivity index (χ4v) is 2.20. The van der Waals surface area contributed by atoms with Crippen LogP contribution in [0.15, 0.2) is 30.6 Å².